The lowest BCUT2D eigenvalue weighted by Gasteiger charge is -2.37. The molecule has 1 aliphatic rings. The van der Waals surface area contributed by atoms with E-state index in [2.05, 4.69) is 0 Å². The Kier molecular flexibility index (Phi) is 5.79. The van der Waals surface area contributed by atoms with Gasteiger partial charge in [0.25, 0.3) is 0 Å². The minimum Gasteiger partial charge on any atom is -0.508 e. The SMILES string of the molecule is CN1CC(O)c2cc(O)ccc2C1c1ccccc1O.Cl.O. The van der Waals surface area contributed by atoms with Crippen LogP contribution >= 0.6 is 12.4 Å². The molecule has 120 valence electrons. The number of halogens is 1. The van der Waals surface area contributed by atoms with Gasteiger partial charge in [0.15, 0.2) is 0 Å². The second-order valence-electron chi connectivity index (χ2n) is 5.23. The topological polar surface area (TPSA) is 95.4 Å². The molecular weight excluding hydrogens is 306 g/mol. The van der Waals surface area contributed by atoms with Gasteiger partial charge in [0.2, 0.25) is 0 Å². The molecule has 2 atom stereocenters. The monoisotopic (exact) mass is 325 g/mol. The van der Waals surface area contributed by atoms with Gasteiger partial charge in [-0.1, -0.05) is 24.3 Å². The molecule has 0 fully saturated rings. The molecule has 1 heterocycles. The van der Waals surface area contributed by atoms with Crippen LogP contribution in [0.1, 0.15) is 28.8 Å². The summed E-state index contributed by atoms with van der Waals surface area (Å²) in [5.41, 5.74) is 2.43. The van der Waals surface area contributed by atoms with Crippen LogP contribution in [0.25, 0.3) is 0 Å². The maximum absolute atomic E-state index is 10.2. The van der Waals surface area contributed by atoms with E-state index < -0.39 is 6.10 Å². The van der Waals surface area contributed by atoms with Crippen molar-refractivity contribution in [1.29, 1.82) is 0 Å². The molecule has 0 saturated carbocycles. The number of benzene rings is 2. The zero-order valence-electron chi connectivity index (χ0n) is 12.1. The van der Waals surface area contributed by atoms with Gasteiger partial charge in [-0.15, -0.1) is 12.4 Å². The fourth-order valence-corrected chi connectivity index (χ4v) is 2.94. The molecule has 0 aromatic heterocycles. The summed E-state index contributed by atoms with van der Waals surface area (Å²) in [7, 11) is 1.91. The smallest absolute Gasteiger partial charge is 0.120 e. The van der Waals surface area contributed by atoms with Crippen LogP contribution in [0.5, 0.6) is 11.5 Å². The molecule has 2 aromatic carbocycles. The summed E-state index contributed by atoms with van der Waals surface area (Å²) in [5.74, 6) is 0.378. The molecule has 2 unspecified atom stereocenters. The molecule has 0 spiro atoms. The lowest BCUT2D eigenvalue weighted by Crippen LogP contribution is -2.35. The summed E-state index contributed by atoms with van der Waals surface area (Å²) in [5, 5.41) is 29.9. The molecule has 0 bridgehead atoms. The highest BCUT2D eigenvalue weighted by molar-refractivity contribution is 5.85. The number of likely N-dealkylation sites (N-methyl/N-ethyl adjacent to an activating group) is 1. The fraction of sp³-hybridized carbons (Fsp3) is 0.250. The third-order valence-electron chi connectivity index (χ3n) is 3.86. The maximum Gasteiger partial charge on any atom is 0.120 e. The van der Waals surface area contributed by atoms with Gasteiger partial charge in [0.1, 0.15) is 11.5 Å². The van der Waals surface area contributed by atoms with Crippen LogP contribution < -0.4 is 0 Å². The number of phenols is 2. The summed E-state index contributed by atoms with van der Waals surface area (Å²) in [4.78, 5) is 2.00. The van der Waals surface area contributed by atoms with E-state index in [1.54, 1.807) is 30.3 Å². The number of β-amino-alcohol motifs (C(OH)–C–C–N with tert-alkyl or cyclic N) is 1. The lowest BCUT2D eigenvalue weighted by molar-refractivity contribution is 0.0935. The van der Waals surface area contributed by atoms with E-state index in [-0.39, 0.29) is 35.4 Å². The Morgan fingerprint density at radius 3 is 2.36 bits per heavy atom. The van der Waals surface area contributed by atoms with Gasteiger partial charge in [-0.25, -0.2) is 0 Å². The average molecular weight is 326 g/mol. The summed E-state index contributed by atoms with van der Waals surface area (Å²) in [6, 6.07) is 12.1. The number of aliphatic hydroxyl groups is 1. The largest absolute Gasteiger partial charge is 0.508 e. The Morgan fingerprint density at radius 2 is 1.68 bits per heavy atom. The minimum atomic E-state index is -0.635. The third-order valence-corrected chi connectivity index (χ3v) is 3.86. The molecule has 5 nitrogen and oxygen atoms in total. The van der Waals surface area contributed by atoms with Crippen molar-refractivity contribution < 1.29 is 20.8 Å². The molecule has 5 N–H and O–H groups in total. The second-order valence-corrected chi connectivity index (χ2v) is 5.23. The summed E-state index contributed by atoms with van der Waals surface area (Å²) >= 11 is 0. The molecule has 1 aliphatic heterocycles. The number of hydrogen-bond donors (Lipinski definition) is 3. The summed E-state index contributed by atoms with van der Waals surface area (Å²) in [6.07, 6.45) is -0.635. The third kappa shape index (κ3) is 3.03. The predicted molar refractivity (Wildman–Crippen MR) is 86.5 cm³/mol. The molecule has 2 aromatic rings. The van der Waals surface area contributed by atoms with E-state index in [1.165, 1.54) is 0 Å². The van der Waals surface area contributed by atoms with E-state index in [0.29, 0.717) is 6.54 Å². The lowest BCUT2D eigenvalue weighted by atomic mass is 9.86. The first-order chi connectivity index (χ1) is 9.58. The van der Waals surface area contributed by atoms with Crippen LogP contribution in [0.3, 0.4) is 0 Å². The maximum atomic E-state index is 10.2. The van der Waals surface area contributed by atoms with Gasteiger partial charge in [-0.2, -0.15) is 0 Å². The summed E-state index contributed by atoms with van der Waals surface area (Å²) < 4.78 is 0. The van der Waals surface area contributed by atoms with Crippen LogP contribution in [0.4, 0.5) is 0 Å². The van der Waals surface area contributed by atoms with Crippen LogP contribution in [0.15, 0.2) is 42.5 Å². The number of phenolic OH excluding ortho intramolecular Hbond substituents is 2. The number of para-hydroxylation sites is 1. The highest BCUT2D eigenvalue weighted by Crippen LogP contribution is 2.41. The average Bonchev–Trinajstić information content (AvgIpc) is 2.41. The first-order valence-corrected chi connectivity index (χ1v) is 6.57. The number of rotatable bonds is 1. The molecule has 0 amide bonds. The predicted octanol–water partition coefficient (Wildman–Crippen LogP) is 1.76. The van der Waals surface area contributed by atoms with Crippen molar-refractivity contribution in [3.8, 4) is 11.5 Å². The van der Waals surface area contributed by atoms with Crippen molar-refractivity contribution in [1.82, 2.24) is 4.90 Å². The van der Waals surface area contributed by atoms with E-state index in [4.69, 9.17) is 0 Å². The van der Waals surface area contributed by atoms with E-state index in [9.17, 15) is 15.3 Å². The van der Waals surface area contributed by atoms with Crippen molar-refractivity contribution in [2.45, 2.75) is 12.1 Å². The number of hydrogen-bond acceptors (Lipinski definition) is 4. The Balaban J connectivity index is 0.00000121. The Morgan fingerprint density at radius 1 is 1.00 bits per heavy atom. The summed E-state index contributed by atoms with van der Waals surface area (Å²) in [6.45, 7) is 0.454. The first kappa shape index (κ1) is 18.3. The van der Waals surface area contributed by atoms with Gasteiger partial charge in [-0.05, 0) is 36.4 Å². The Bertz CT molecular complexity index is 650. The van der Waals surface area contributed by atoms with Crippen LogP contribution in [-0.2, 0) is 0 Å². The van der Waals surface area contributed by atoms with E-state index >= 15 is 0 Å². The van der Waals surface area contributed by atoms with Crippen molar-refractivity contribution in [2.24, 2.45) is 0 Å². The van der Waals surface area contributed by atoms with E-state index in [0.717, 1.165) is 16.7 Å². The van der Waals surface area contributed by atoms with Gasteiger partial charge in [0, 0.05) is 12.1 Å². The molecule has 0 radical (unpaired) electrons. The molecule has 0 saturated heterocycles. The number of aromatic hydroxyl groups is 2. The Labute approximate surface area is 135 Å². The highest BCUT2D eigenvalue weighted by Gasteiger charge is 2.32. The van der Waals surface area contributed by atoms with Crippen molar-refractivity contribution >= 4 is 12.4 Å². The molecular formula is C16H20ClNO4. The normalized spacial score (nSPS) is 20.5. The first-order valence-electron chi connectivity index (χ1n) is 6.57. The van der Waals surface area contributed by atoms with Crippen LogP contribution in [-0.4, -0.2) is 39.3 Å². The van der Waals surface area contributed by atoms with Crippen LogP contribution in [0, 0.1) is 0 Å². The zero-order chi connectivity index (χ0) is 14.3. The van der Waals surface area contributed by atoms with Crippen molar-refractivity contribution in [3.05, 3.63) is 59.2 Å². The van der Waals surface area contributed by atoms with Gasteiger partial charge in [0.05, 0.1) is 12.1 Å². The Hall–Kier alpha value is -1.79. The van der Waals surface area contributed by atoms with Crippen molar-refractivity contribution in [3.63, 3.8) is 0 Å². The van der Waals surface area contributed by atoms with Crippen molar-refractivity contribution in [2.75, 3.05) is 13.6 Å². The number of nitrogens with zero attached hydrogens (tertiary/aromatic N) is 1. The van der Waals surface area contributed by atoms with Gasteiger partial charge >= 0.3 is 0 Å². The van der Waals surface area contributed by atoms with E-state index in [1.807, 2.05) is 24.1 Å². The van der Waals surface area contributed by atoms with Gasteiger partial charge < -0.3 is 20.8 Å². The molecule has 22 heavy (non-hydrogen) atoms. The number of fused-ring (bicyclic) bond motifs is 1. The second kappa shape index (κ2) is 6.98. The standard InChI is InChI=1S/C16H17NO3.ClH.H2O/c1-17-9-15(20)13-8-10(18)6-7-11(13)16(17)12-4-2-3-5-14(12)19;;/h2-8,15-16,18-20H,9H2,1H3;1H;1H2. The zero-order valence-corrected chi connectivity index (χ0v) is 12.9. The van der Waals surface area contributed by atoms with Crippen LogP contribution in [0.2, 0.25) is 0 Å². The quantitative estimate of drug-likeness (QED) is 0.744. The van der Waals surface area contributed by atoms with Gasteiger partial charge in [-0.3, -0.25) is 4.90 Å². The fourth-order valence-electron chi connectivity index (χ4n) is 2.94. The molecule has 0 aliphatic carbocycles. The highest BCUT2D eigenvalue weighted by atomic mass is 35.5. The minimum absolute atomic E-state index is 0. The molecule has 3 rings (SSSR count). The molecule has 6 heteroatoms. The number of aliphatic hydroxyl groups excluding tert-OH is 1.